The summed E-state index contributed by atoms with van der Waals surface area (Å²) >= 11 is 1.65. The SMILES string of the molecule is O=C(O)Cc1ccc(C2CCN(c3ccc(C4N=C(c5ccsc5)NN4)cn3)CC2)cc1. The lowest BCUT2D eigenvalue weighted by Gasteiger charge is -2.33. The highest BCUT2D eigenvalue weighted by atomic mass is 32.1. The monoisotopic (exact) mass is 447 g/mol. The highest BCUT2D eigenvalue weighted by molar-refractivity contribution is 7.08. The summed E-state index contributed by atoms with van der Waals surface area (Å²) in [6.45, 7) is 1.91. The van der Waals surface area contributed by atoms with Gasteiger partial charge in [-0.2, -0.15) is 11.3 Å². The Morgan fingerprint density at radius 1 is 1.09 bits per heavy atom. The van der Waals surface area contributed by atoms with E-state index in [0.717, 1.165) is 54.3 Å². The van der Waals surface area contributed by atoms with Gasteiger partial charge in [-0.1, -0.05) is 30.3 Å². The van der Waals surface area contributed by atoms with Crippen molar-refractivity contribution in [2.24, 2.45) is 4.99 Å². The fourth-order valence-electron chi connectivity index (χ4n) is 4.30. The van der Waals surface area contributed by atoms with Gasteiger partial charge in [0.1, 0.15) is 17.8 Å². The molecule has 1 fully saturated rings. The normalized spacial score (nSPS) is 18.9. The van der Waals surface area contributed by atoms with Crippen LogP contribution in [0.3, 0.4) is 0 Å². The number of anilines is 1. The second kappa shape index (κ2) is 9.10. The van der Waals surface area contributed by atoms with Crippen LogP contribution in [0.5, 0.6) is 0 Å². The number of nitrogens with zero attached hydrogens (tertiary/aromatic N) is 3. The van der Waals surface area contributed by atoms with Gasteiger partial charge in [0.25, 0.3) is 0 Å². The van der Waals surface area contributed by atoms with E-state index < -0.39 is 5.97 Å². The minimum Gasteiger partial charge on any atom is -0.481 e. The number of piperidine rings is 1. The van der Waals surface area contributed by atoms with Gasteiger partial charge >= 0.3 is 5.97 Å². The van der Waals surface area contributed by atoms with Gasteiger partial charge in [0, 0.05) is 35.8 Å². The molecule has 5 rings (SSSR count). The summed E-state index contributed by atoms with van der Waals surface area (Å²) in [7, 11) is 0. The Labute approximate surface area is 190 Å². The van der Waals surface area contributed by atoms with Crippen molar-refractivity contribution in [3.63, 3.8) is 0 Å². The number of hydrogen-bond acceptors (Lipinski definition) is 7. The predicted octanol–water partition coefficient (Wildman–Crippen LogP) is 3.71. The van der Waals surface area contributed by atoms with Crippen LogP contribution in [-0.2, 0) is 11.2 Å². The standard InChI is InChI=1S/C24H25N5O2S/c30-22(31)13-16-1-3-17(4-2-16)18-7-10-29(11-8-18)21-6-5-19(14-25-21)23-26-24(28-27-23)20-9-12-32-15-20/h1-6,9,12,14-15,18,23,27H,7-8,10-11,13H2,(H,26,28)(H,30,31). The number of carbonyl (C=O) groups is 1. The van der Waals surface area contributed by atoms with Gasteiger partial charge in [0.05, 0.1) is 6.42 Å². The van der Waals surface area contributed by atoms with Crippen LogP contribution in [0.2, 0.25) is 0 Å². The quantitative estimate of drug-likeness (QED) is 0.534. The Kier molecular flexibility index (Phi) is 5.87. The van der Waals surface area contributed by atoms with E-state index >= 15 is 0 Å². The van der Waals surface area contributed by atoms with Crippen LogP contribution in [0.4, 0.5) is 5.82 Å². The molecule has 4 heterocycles. The number of carboxylic acids is 1. The molecule has 0 radical (unpaired) electrons. The Balaban J connectivity index is 1.18. The van der Waals surface area contributed by atoms with E-state index in [9.17, 15) is 4.79 Å². The summed E-state index contributed by atoms with van der Waals surface area (Å²) in [5, 5.41) is 13.0. The fraction of sp³-hybridized carbons (Fsp3) is 0.292. The summed E-state index contributed by atoms with van der Waals surface area (Å²) < 4.78 is 0. The van der Waals surface area contributed by atoms with Crippen LogP contribution in [-0.4, -0.2) is 35.0 Å². The second-order valence-corrected chi connectivity index (χ2v) is 8.96. The molecule has 1 atom stereocenters. The molecular weight excluding hydrogens is 422 g/mol. The molecule has 2 aliphatic rings. The topological polar surface area (TPSA) is 89.8 Å². The zero-order valence-electron chi connectivity index (χ0n) is 17.6. The number of pyridine rings is 1. The maximum Gasteiger partial charge on any atom is 0.307 e. The van der Waals surface area contributed by atoms with E-state index in [-0.39, 0.29) is 12.6 Å². The van der Waals surface area contributed by atoms with Gasteiger partial charge in [0.2, 0.25) is 0 Å². The number of nitrogens with one attached hydrogen (secondary N) is 2. The van der Waals surface area contributed by atoms with E-state index in [4.69, 9.17) is 15.1 Å². The number of aliphatic carboxylic acids is 1. The largest absolute Gasteiger partial charge is 0.481 e. The number of thiophene rings is 1. The van der Waals surface area contributed by atoms with Crippen LogP contribution in [0, 0.1) is 0 Å². The third-order valence-corrected chi connectivity index (χ3v) is 6.78. The lowest BCUT2D eigenvalue weighted by atomic mass is 9.89. The van der Waals surface area contributed by atoms with Crippen molar-refractivity contribution in [3.8, 4) is 0 Å². The summed E-state index contributed by atoms with van der Waals surface area (Å²) in [4.78, 5) is 22.6. The van der Waals surface area contributed by atoms with Crippen molar-refractivity contribution in [3.05, 3.63) is 81.7 Å². The Bertz CT molecular complexity index is 1090. The smallest absolute Gasteiger partial charge is 0.307 e. The lowest BCUT2D eigenvalue weighted by molar-refractivity contribution is -0.136. The molecule has 0 spiro atoms. The average molecular weight is 448 g/mol. The number of amidine groups is 1. The molecule has 7 nitrogen and oxygen atoms in total. The first-order chi connectivity index (χ1) is 15.7. The minimum absolute atomic E-state index is 0.0768. The molecule has 32 heavy (non-hydrogen) atoms. The third kappa shape index (κ3) is 4.51. The minimum atomic E-state index is -0.792. The number of rotatable bonds is 6. The Morgan fingerprint density at radius 2 is 1.88 bits per heavy atom. The summed E-state index contributed by atoms with van der Waals surface area (Å²) in [6.07, 6.45) is 3.96. The van der Waals surface area contributed by atoms with E-state index in [1.807, 2.05) is 23.7 Å². The first-order valence-electron chi connectivity index (χ1n) is 10.8. The van der Waals surface area contributed by atoms with Gasteiger partial charge < -0.3 is 15.4 Å². The molecule has 3 aromatic rings. The van der Waals surface area contributed by atoms with Crippen molar-refractivity contribution in [1.29, 1.82) is 0 Å². The van der Waals surface area contributed by atoms with Crippen LogP contribution < -0.4 is 15.8 Å². The first kappa shape index (κ1) is 20.7. The summed E-state index contributed by atoms with van der Waals surface area (Å²) in [5.41, 5.74) is 10.6. The molecular formula is C24H25N5O2S. The molecule has 2 aromatic heterocycles. The Hall–Kier alpha value is -3.23. The maximum absolute atomic E-state index is 10.9. The van der Waals surface area contributed by atoms with Crippen molar-refractivity contribution >= 4 is 29.0 Å². The zero-order valence-corrected chi connectivity index (χ0v) is 18.4. The molecule has 0 amide bonds. The van der Waals surface area contributed by atoms with Gasteiger partial charge in [0.15, 0.2) is 0 Å². The highest BCUT2D eigenvalue weighted by Gasteiger charge is 2.23. The van der Waals surface area contributed by atoms with E-state index in [2.05, 4.69) is 51.5 Å². The number of aliphatic imine (C=N–C) groups is 1. The summed E-state index contributed by atoms with van der Waals surface area (Å²) in [5.74, 6) is 1.57. The number of hydrazine groups is 1. The molecule has 2 aliphatic heterocycles. The first-order valence-corrected chi connectivity index (χ1v) is 11.7. The van der Waals surface area contributed by atoms with E-state index in [1.165, 1.54) is 5.56 Å². The molecule has 1 unspecified atom stereocenters. The van der Waals surface area contributed by atoms with Crippen molar-refractivity contribution in [2.75, 3.05) is 18.0 Å². The number of aromatic nitrogens is 1. The molecule has 0 aliphatic carbocycles. The van der Waals surface area contributed by atoms with Crippen molar-refractivity contribution < 1.29 is 9.90 Å². The average Bonchev–Trinajstić information content (AvgIpc) is 3.52. The van der Waals surface area contributed by atoms with Gasteiger partial charge in [-0.05, 0) is 47.4 Å². The number of benzene rings is 1. The highest BCUT2D eigenvalue weighted by Crippen LogP contribution is 2.30. The van der Waals surface area contributed by atoms with E-state index in [0.29, 0.717) is 5.92 Å². The second-order valence-electron chi connectivity index (χ2n) is 8.18. The molecule has 1 saturated heterocycles. The van der Waals surface area contributed by atoms with Crippen molar-refractivity contribution in [2.45, 2.75) is 31.3 Å². The van der Waals surface area contributed by atoms with Gasteiger partial charge in [-0.15, -0.1) is 0 Å². The van der Waals surface area contributed by atoms with Crippen LogP contribution in [0.15, 0.2) is 64.4 Å². The van der Waals surface area contributed by atoms with Gasteiger partial charge in [-0.3, -0.25) is 4.79 Å². The van der Waals surface area contributed by atoms with Gasteiger partial charge in [-0.25, -0.2) is 15.4 Å². The molecule has 3 N–H and O–H groups in total. The molecule has 0 bridgehead atoms. The molecule has 8 heteroatoms. The molecule has 164 valence electrons. The number of hydrogen-bond donors (Lipinski definition) is 3. The molecule has 0 saturated carbocycles. The predicted molar refractivity (Wildman–Crippen MR) is 126 cm³/mol. The van der Waals surface area contributed by atoms with Crippen LogP contribution >= 0.6 is 11.3 Å². The zero-order chi connectivity index (χ0) is 21.9. The Morgan fingerprint density at radius 3 is 2.53 bits per heavy atom. The third-order valence-electron chi connectivity index (χ3n) is 6.09. The summed E-state index contributed by atoms with van der Waals surface area (Å²) in [6, 6.07) is 14.3. The fourth-order valence-corrected chi connectivity index (χ4v) is 4.95. The van der Waals surface area contributed by atoms with Crippen LogP contribution in [0.25, 0.3) is 0 Å². The van der Waals surface area contributed by atoms with Crippen molar-refractivity contribution in [1.82, 2.24) is 15.8 Å². The molecule has 1 aromatic carbocycles. The van der Waals surface area contributed by atoms with E-state index in [1.54, 1.807) is 11.3 Å². The maximum atomic E-state index is 10.9. The lowest BCUT2D eigenvalue weighted by Crippen LogP contribution is -2.33. The number of carboxylic acid groups (broad SMARTS) is 1. The van der Waals surface area contributed by atoms with Crippen LogP contribution in [0.1, 0.15) is 47.2 Å².